The minimum atomic E-state index is -0.285. The topological polar surface area (TPSA) is 38.7 Å². The molecule has 0 saturated heterocycles. The molecule has 0 amide bonds. The summed E-state index contributed by atoms with van der Waals surface area (Å²) < 4.78 is 5.36. The number of methoxy groups -OCH3 is 1. The number of aliphatic imine (C=N–C) groups is 1. The molecule has 15 heavy (non-hydrogen) atoms. The van der Waals surface area contributed by atoms with Crippen LogP contribution in [-0.4, -0.2) is 13.2 Å². The molecule has 0 fully saturated rings. The molecule has 0 spiro atoms. The van der Waals surface area contributed by atoms with Crippen molar-refractivity contribution in [3.8, 4) is 0 Å². The van der Waals surface area contributed by atoms with Crippen molar-refractivity contribution in [2.75, 3.05) is 7.11 Å². The van der Waals surface area contributed by atoms with Gasteiger partial charge in [-0.1, -0.05) is 24.3 Å². The van der Waals surface area contributed by atoms with Crippen LogP contribution in [0.15, 0.2) is 29.3 Å². The maximum Gasteiger partial charge on any atom is 0.235 e. The molecule has 1 aromatic carbocycles. The molecule has 0 aliphatic heterocycles. The summed E-state index contributed by atoms with van der Waals surface area (Å²) in [6, 6.07) is 7.85. The van der Waals surface area contributed by atoms with Gasteiger partial charge in [0.2, 0.25) is 6.08 Å². The zero-order chi connectivity index (χ0) is 11.3. The highest BCUT2D eigenvalue weighted by Gasteiger charge is 2.18. The van der Waals surface area contributed by atoms with Crippen LogP contribution in [-0.2, 0) is 21.7 Å². The maximum absolute atomic E-state index is 9.94. The van der Waals surface area contributed by atoms with E-state index in [-0.39, 0.29) is 5.60 Å². The average Bonchev–Trinajstić information content (AvgIpc) is 2.27. The Morgan fingerprint density at radius 2 is 1.93 bits per heavy atom. The Kier molecular flexibility index (Phi) is 3.78. The van der Waals surface area contributed by atoms with E-state index in [0.717, 1.165) is 11.1 Å². The SMILES string of the molecule is COC(C)(C)c1ccc(CN=C=O)cc1. The fourth-order valence-corrected chi connectivity index (χ4v) is 1.25. The van der Waals surface area contributed by atoms with E-state index < -0.39 is 0 Å². The maximum atomic E-state index is 9.94. The van der Waals surface area contributed by atoms with Gasteiger partial charge in [0.15, 0.2) is 0 Å². The predicted molar refractivity (Wildman–Crippen MR) is 58.3 cm³/mol. The van der Waals surface area contributed by atoms with Crippen LogP contribution in [0, 0.1) is 0 Å². The zero-order valence-corrected chi connectivity index (χ0v) is 9.28. The summed E-state index contributed by atoms with van der Waals surface area (Å²) in [7, 11) is 1.69. The monoisotopic (exact) mass is 205 g/mol. The highest BCUT2D eigenvalue weighted by molar-refractivity contribution is 5.34. The first-order chi connectivity index (χ1) is 7.10. The second kappa shape index (κ2) is 4.87. The van der Waals surface area contributed by atoms with Crippen molar-refractivity contribution in [2.45, 2.75) is 26.0 Å². The van der Waals surface area contributed by atoms with Gasteiger partial charge in [0.1, 0.15) is 0 Å². The Morgan fingerprint density at radius 3 is 2.40 bits per heavy atom. The lowest BCUT2D eigenvalue weighted by atomic mass is 9.97. The second-order valence-electron chi connectivity index (χ2n) is 3.82. The lowest BCUT2D eigenvalue weighted by Gasteiger charge is -2.23. The minimum Gasteiger partial charge on any atom is -0.374 e. The number of benzene rings is 1. The molecule has 0 unspecified atom stereocenters. The third kappa shape index (κ3) is 3.01. The van der Waals surface area contributed by atoms with Crippen LogP contribution in [0.2, 0.25) is 0 Å². The molecule has 0 N–H and O–H groups in total. The van der Waals surface area contributed by atoms with Gasteiger partial charge in [-0.2, -0.15) is 0 Å². The van der Waals surface area contributed by atoms with E-state index in [1.807, 2.05) is 38.1 Å². The normalized spacial score (nSPS) is 10.9. The van der Waals surface area contributed by atoms with E-state index in [0.29, 0.717) is 6.54 Å². The smallest absolute Gasteiger partial charge is 0.235 e. The number of ether oxygens (including phenoxy) is 1. The molecule has 0 atom stereocenters. The number of nitrogens with zero attached hydrogens (tertiary/aromatic N) is 1. The van der Waals surface area contributed by atoms with Gasteiger partial charge < -0.3 is 4.74 Å². The van der Waals surface area contributed by atoms with Gasteiger partial charge in [-0.05, 0) is 25.0 Å². The van der Waals surface area contributed by atoms with Crippen LogP contribution >= 0.6 is 0 Å². The van der Waals surface area contributed by atoms with Crippen LogP contribution in [0.1, 0.15) is 25.0 Å². The third-order valence-corrected chi connectivity index (χ3v) is 2.49. The standard InChI is InChI=1S/C12H15NO2/c1-12(2,15-3)11-6-4-10(5-7-11)8-13-9-14/h4-7H,8H2,1-3H3. The molecule has 80 valence electrons. The summed E-state index contributed by atoms with van der Waals surface area (Å²) in [6.45, 7) is 4.40. The molecule has 0 aromatic heterocycles. The van der Waals surface area contributed by atoms with E-state index in [2.05, 4.69) is 4.99 Å². The summed E-state index contributed by atoms with van der Waals surface area (Å²) in [6.07, 6.45) is 1.52. The van der Waals surface area contributed by atoms with Crippen molar-refractivity contribution in [1.29, 1.82) is 0 Å². The van der Waals surface area contributed by atoms with Crippen LogP contribution in [0.25, 0.3) is 0 Å². The van der Waals surface area contributed by atoms with Gasteiger partial charge in [0, 0.05) is 7.11 Å². The first-order valence-electron chi connectivity index (χ1n) is 4.78. The summed E-state index contributed by atoms with van der Waals surface area (Å²) in [4.78, 5) is 13.5. The van der Waals surface area contributed by atoms with Crippen LogP contribution in [0.5, 0.6) is 0 Å². The molecule has 1 aromatic rings. The van der Waals surface area contributed by atoms with Gasteiger partial charge in [0.25, 0.3) is 0 Å². The molecule has 1 rings (SSSR count). The second-order valence-corrected chi connectivity index (χ2v) is 3.82. The van der Waals surface area contributed by atoms with Gasteiger partial charge in [-0.25, -0.2) is 9.79 Å². The van der Waals surface area contributed by atoms with Gasteiger partial charge >= 0.3 is 0 Å². The van der Waals surface area contributed by atoms with E-state index in [1.165, 1.54) is 6.08 Å². The predicted octanol–water partition coefficient (Wildman–Crippen LogP) is 2.40. The Bertz CT molecular complexity index is 362. The lowest BCUT2D eigenvalue weighted by Crippen LogP contribution is -2.19. The van der Waals surface area contributed by atoms with Crippen molar-refractivity contribution in [2.24, 2.45) is 4.99 Å². The molecular formula is C12H15NO2. The summed E-state index contributed by atoms with van der Waals surface area (Å²) in [5.41, 5.74) is 1.81. The molecule has 0 saturated carbocycles. The van der Waals surface area contributed by atoms with E-state index >= 15 is 0 Å². The first-order valence-corrected chi connectivity index (χ1v) is 4.78. The quantitative estimate of drug-likeness (QED) is 0.559. The number of hydrogen-bond acceptors (Lipinski definition) is 3. The summed E-state index contributed by atoms with van der Waals surface area (Å²) >= 11 is 0. The molecule has 0 aliphatic rings. The fraction of sp³-hybridized carbons (Fsp3) is 0.417. The van der Waals surface area contributed by atoms with Gasteiger partial charge in [-0.3, -0.25) is 0 Å². The Balaban J connectivity index is 2.85. The lowest BCUT2D eigenvalue weighted by molar-refractivity contribution is 0.0192. The molecule has 0 radical (unpaired) electrons. The number of hydrogen-bond donors (Lipinski definition) is 0. The van der Waals surface area contributed by atoms with Crippen molar-refractivity contribution in [3.63, 3.8) is 0 Å². The summed E-state index contributed by atoms with van der Waals surface area (Å²) in [5.74, 6) is 0. The molecule has 0 bridgehead atoms. The molecular weight excluding hydrogens is 190 g/mol. The van der Waals surface area contributed by atoms with E-state index in [4.69, 9.17) is 4.74 Å². The number of rotatable bonds is 4. The van der Waals surface area contributed by atoms with Gasteiger partial charge in [0.05, 0.1) is 12.1 Å². The van der Waals surface area contributed by atoms with Gasteiger partial charge in [-0.15, -0.1) is 0 Å². The molecule has 0 aliphatic carbocycles. The van der Waals surface area contributed by atoms with Crippen molar-refractivity contribution >= 4 is 6.08 Å². The molecule has 3 nitrogen and oxygen atoms in total. The fourth-order valence-electron chi connectivity index (χ4n) is 1.25. The number of isocyanates is 1. The van der Waals surface area contributed by atoms with Crippen LogP contribution in [0.3, 0.4) is 0 Å². The van der Waals surface area contributed by atoms with Crippen LogP contribution in [0.4, 0.5) is 0 Å². The minimum absolute atomic E-state index is 0.285. The van der Waals surface area contributed by atoms with Crippen molar-refractivity contribution in [1.82, 2.24) is 0 Å². The summed E-state index contributed by atoms with van der Waals surface area (Å²) in [5, 5.41) is 0. The third-order valence-electron chi connectivity index (χ3n) is 2.49. The van der Waals surface area contributed by atoms with Crippen molar-refractivity contribution < 1.29 is 9.53 Å². The molecule has 3 heteroatoms. The van der Waals surface area contributed by atoms with Crippen LogP contribution < -0.4 is 0 Å². The Hall–Kier alpha value is -1.44. The Labute approximate surface area is 89.8 Å². The van der Waals surface area contributed by atoms with E-state index in [1.54, 1.807) is 7.11 Å². The van der Waals surface area contributed by atoms with E-state index in [9.17, 15) is 4.79 Å². The Morgan fingerprint density at radius 1 is 1.33 bits per heavy atom. The first kappa shape index (κ1) is 11.6. The highest BCUT2D eigenvalue weighted by atomic mass is 16.5. The zero-order valence-electron chi connectivity index (χ0n) is 9.28. The largest absolute Gasteiger partial charge is 0.374 e. The molecule has 0 heterocycles. The average molecular weight is 205 g/mol. The number of carbonyl (C=O) groups excluding carboxylic acids is 1. The van der Waals surface area contributed by atoms with Crippen molar-refractivity contribution in [3.05, 3.63) is 35.4 Å². The highest BCUT2D eigenvalue weighted by Crippen LogP contribution is 2.23.